The minimum absolute atomic E-state index is 0.294. The van der Waals surface area contributed by atoms with Gasteiger partial charge in [0.2, 0.25) is 0 Å². The van der Waals surface area contributed by atoms with Crippen LogP contribution in [-0.4, -0.2) is 27.1 Å². The molecule has 0 aliphatic rings. The molecular weight excluding hydrogens is 322 g/mol. The first-order chi connectivity index (χ1) is 11.8. The van der Waals surface area contributed by atoms with Gasteiger partial charge in [-0.15, -0.1) is 11.3 Å². The van der Waals surface area contributed by atoms with Crippen molar-refractivity contribution in [2.75, 3.05) is 0 Å². The number of nitrogens with one attached hydrogen (secondary N) is 3. The summed E-state index contributed by atoms with van der Waals surface area (Å²) in [6.07, 6.45) is 4.77. The molecule has 0 aliphatic carbocycles. The topological polar surface area (TPSA) is 85.9 Å². The van der Waals surface area contributed by atoms with E-state index in [0.29, 0.717) is 11.5 Å². The van der Waals surface area contributed by atoms with Gasteiger partial charge in [-0.25, -0.2) is 10.4 Å². The van der Waals surface area contributed by atoms with Gasteiger partial charge in [0.05, 0.1) is 6.21 Å². The number of H-pyrrole nitrogens is 2. The molecule has 1 amide bonds. The zero-order valence-corrected chi connectivity index (χ0v) is 13.3. The standard InChI is InChI=1S/C17H13N5OS/c23-17(22-20-10-14-18-7-8-19-14)16-15(13-6-3-9-24-13)11-4-1-2-5-12(11)21-16/h1-10,21H,(H,18,19)(H,22,23). The van der Waals surface area contributed by atoms with Gasteiger partial charge >= 0.3 is 0 Å². The molecule has 7 heteroatoms. The molecule has 4 rings (SSSR count). The predicted octanol–water partition coefficient (Wildman–Crippen LogP) is 3.38. The number of thiophene rings is 1. The van der Waals surface area contributed by atoms with E-state index in [4.69, 9.17) is 0 Å². The zero-order valence-electron chi connectivity index (χ0n) is 12.5. The summed E-state index contributed by atoms with van der Waals surface area (Å²) in [5, 5.41) is 6.96. The lowest BCUT2D eigenvalue weighted by Gasteiger charge is -2.01. The van der Waals surface area contributed by atoms with Crippen molar-refractivity contribution in [3.05, 3.63) is 65.7 Å². The maximum Gasteiger partial charge on any atom is 0.288 e. The lowest BCUT2D eigenvalue weighted by molar-refractivity contribution is 0.0951. The van der Waals surface area contributed by atoms with Crippen molar-refractivity contribution in [1.29, 1.82) is 0 Å². The smallest absolute Gasteiger partial charge is 0.288 e. The minimum atomic E-state index is -0.294. The van der Waals surface area contributed by atoms with E-state index in [1.165, 1.54) is 6.21 Å². The lowest BCUT2D eigenvalue weighted by Crippen LogP contribution is -2.18. The molecule has 3 N–H and O–H groups in total. The highest BCUT2D eigenvalue weighted by atomic mass is 32.1. The first-order valence-corrected chi connectivity index (χ1v) is 8.18. The molecule has 0 radical (unpaired) electrons. The highest BCUT2D eigenvalue weighted by Crippen LogP contribution is 2.35. The molecular formula is C17H13N5OS. The number of para-hydroxylation sites is 1. The van der Waals surface area contributed by atoms with E-state index in [0.717, 1.165) is 21.3 Å². The molecule has 6 nitrogen and oxygen atoms in total. The molecule has 0 spiro atoms. The molecule has 24 heavy (non-hydrogen) atoms. The van der Waals surface area contributed by atoms with E-state index < -0.39 is 0 Å². The second kappa shape index (κ2) is 6.13. The van der Waals surface area contributed by atoms with E-state index in [9.17, 15) is 4.79 Å². The van der Waals surface area contributed by atoms with E-state index in [-0.39, 0.29) is 5.91 Å². The Morgan fingerprint density at radius 2 is 2.17 bits per heavy atom. The average molecular weight is 335 g/mol. The summed E-state index contributed by atoms with van der Waals surface area (Å²) in [6.45, 7) is 0. The first-order valence-electron chi connectivity index (χ1n) is 7.30. The lowest BCUT2D eigenvalue weighted by atomic mass is 10.1. The maximum atomic E-state index is 12.6. The number of hydrogen-bond donors (Lipinski definition) is 3. The fraction of sp³-hybridized carbons (Fsp3) is 0. The van der Waals surface area contributed by atoms with Gasteiger partial charge in [0.25, 0.3) is 5.91 Å². The summed E-state index contributed by atoms with van der Waals surface area (Å²) in [7, 11) is 0. The average Bonchev–Trinajstić information content (AvgIpc) is 3.34. The van der Waals surface area contributed by atoms with Gasteiger partial charge in [0.15, 0.2) is 0 Å². The number of aromatic amines is 2. The number of imidazole rings is 1. The predicted molar refractivity (Wildman–Crippen MR) is 95.3 cm³/mol. The molecule has 4 aromatic rings. The summed E-state index contributed by atoms with van der Waals surface area (Å²) in [5.74, 6) is 0.280. The molecule has 0 aliphatic heterocycles. The number of amides is 1. The maximum absolute atomic E-state index is 12.6. The van der Waals surface area contributed by atoms with Gasteiger partial charge in [-0.2, -0.15) is 5.10 Å². The fourth-order valence-corrected chi connectivity index (χ4v) is 3.34. The third-order valence-corrected chi connectivity index (χ3v) is 4.46. The molecule has 3 aromatic heterocycles. The number of hydrogen-bond acceptors (Lipinski definition) is 4. The van der Waals surface area contributed by atoms with Crippen LogP contribution in [0.15, 0.2) is 59.3 Å². The van der Waals surface area contributed by atoms with Crippen molar-refractivity contribution in [1.82, 2.24) is 20.4 Å². The Morgan fingerprint density at radius 1 is 1.25 bits per heavy atom. The van der Waals surface area contributed by atoms with Gasteiger partial charge in [-0.1, -0.05) is 24.3 Å². The number of fused-ring (bicyclic) bond motifs is 1. The minimum Gasteiger partial charge on any atom is -0.350 e. The zero-order chi connectivity index (χ0) is 16.4. The summed E-state index contributed by atoms with van der Waals surface area (Å²) >= 11 is 1.60. The van der Waals surface area contributed by atoms with E-state index in [1.807, 2.05) is 41.8 Å². The molecule has 0 unspecified atom stereocenters. The number of aromatic nitrogens is 3. The van der Waals surface area contributed by atoms with Crippen molar-refractivity contribution in [3.8, 4) is 10.4 Å². The van der Waals surface area contributed by atoms with Crippen molar-refractivity contribution >= 4 is 34.4 Å². The van der Waals surface area contributed by atoms with Crippen molar-refractivity contribution in [2.24, 2.45) is 5.10 Å². The Bertz CT molecular complexity index is 999. The Kier molecular flexibility index (Phi) is 3.68. The highest BCUT2D eigenvalue weighted by Gasteiger charge is 2.19. The quantitative estimate of drug-likeness (QED) is 0.394. The van der Waals surface area contributed by atoms with Crippen LogP contribution in [0.2, 0.25) is 0 Å². The second-order valence-electron chi connectivity index (χ2n) is 5.07. The second-order valence-corrected chi connectivity index (χ2v) is 6.02. The Morgan fingerprint density at radius 3 is 2.96 bits per heavy atom. The molecule has 0 atom stereocenters. The number of nitrogens with zero attached hydrogens (tertiary/aromatic N) is 2. The first kappa shape index (κ1) is 14.4. The number of carbonyl (C=O) groups is 1. The van der Waals surface area contributed by atoms with Gasteiger partial charge in [0.1, 0.15) is 11.5 Å². The molecule has 0 saturated heterocycles. The van der Waals surface area contributed by atoms with Gasteiger partial charge in [-0.05, 0) is 17.5 Å². The van der Waals surface area contributed by atoms with Crippen LogP contribution in [0.3, 0.4) is 0 Å². The molecule has 0 saturated carbocycles. The van der Waals surface area contributed by atoms with Crippen LogP contribution in [0.5, 0.6) is 0 Å². The van der Waals surface area contributed by atoms with Gasteiger partial charge in [-0.3, -0.25) is 4.79 Å². The highest BCUT2D eigenvalue weighted by molar-refractivity contribution is 7.13. The number of carbonyl (C=O) groups excluding carboxylic acids is 1. The number of rotatable bonds is 4. The van der Waals surface area contributed by atoms with Crippen molar-refractivity contribution in [2.45, 2.75) is 0 Å². The molecule has 0 fully saturated rings. The van der Waals surface area contributed by atoms with Crippen molar-refractivity contribution in [3.63, 3.8) is 0 Å². The van der Waals surface area contributed by atoms with Crippen molar-refractivity contribution < 1.29 is 4.79 Å². The normalized spacial score (nSPS) is 11.3. The number of benzene rings is 1. The van der Waals surface area contributed by atoms with E-state index in [2.05, 4.69) is 25.5 Å². The van der Waals surface area contributed by atoms with Crippen LogP contribution in [-0.2, 0) is 0 Å². The molecule has 3 heterocycles. The van der Waals surface area contributed by atoms with E-state index in [1.54, 1.807) is 23.7 Å². The van der Waals surface area contributed by atoms with E-state index >= 15 is 0 Å². The monoisotopic (exact) mass is 335 g/mol. The third kappa shape index (κ3) is 2.61. The Labute approximate surface area is 141 Å². The van der Waals surface area contributed by atoms with Crippen LogP contribution in [0, 0.1) is 0 Å². The Hall–Kier alpha value is -3.19. The molecule has 1 aromatic carbocycles. The SMILES string of the molecule is O=C(NN=Cc1ncc[nH]1)c1[nH]c2ccccc2c1-c1cccs1. The summed E-state index contributed by atoms with van der Waals surface area (Å²) < 4.78 is 0. The summed E-state index contributed by atoms with van der Waals surface area (Å²) in [5.41, 5.74) is 4.85. The van der Waals surface area contributed by atoms with Crippen LogP contribution < -0.4 is 5.43 Å². The molecule has 118 valence electrons. The van der Waals surface area contributed by atoms with Crippen LogP contribution >= 0.6 is 11.3 Å². The van der Waals surface area contributed by atoms with Crippen LogP contribution in [0.4, 0.5) is 0 Å². The largest absolute Gasteiger partial charge is 0.350 e. The van der Waals surface area contributed by atoms with Gasteiger partial charge in [0, 0.05) is 33.7 Å². The van der Waals surface area contributed by atoms with Crippen LogP contribution in [0.1, 0.15) is 16.3 Å². The van der Waals surface area contributed by atoms with Crippen LogP contribution in [0.25, 0.3) is 21.3 Å². The fourth-order valence-electron chi connectivity index (χ4n) is 2.55. The van der Waals surface area contributed by atoms with Gasteiger partial charge < -0.3 is 9.97 Å². The summed E-state index contributed by atoms with van der Waals surface area (Å²) in [6, 6.07) is 11.8. The third-order valence-electron chi connectivity index (χ3n) is 3.57. The Balaban J connectivity index is 1.70. The summed E-state index contributed by atoms with van der Waals surface area (Å²) in [4.78, 5) is 23.7. The molecule has 0 bridgehead atoms. The number of hydrazone groups is 1.